The van der Waals surface area contributed by atoms with Crippen LogP contribution in [0, 0.1) is 11.3 Å². The van der Waals surface area contributed by atoms with Crippen molar-refractivity contribution in [2.24, 2.45) is 0 Å². The molecule has 27 heavy (non-hydrogen) atoms. The molecule has 1 aliphatic heterocycles. The van der Waals surface area contributed by atoms with E-state index in [1.165, 1.54) is 0 Å². The lowest BCUT2D eigenvalue weighted by molar-refractivity contribution is 0.0746. The Morgan fingerprint density at radius 2 is 2.04 bits per heavy atom. The first-order valence-corrected chi connectivity index (χ1v) is 8.93. The predicted octanol–water partition coefficient (Wildman–Crippen LogP) is 1.52. The minimum absolute atomic E-state index is 0.0399. The van der Waals surface area contributed by atoms with Crippen LogP contribution in [0.4, 0.5) is 5.82 Å². The molecule has 1 aromatic carbocycles. The largest absolute Gasteiger partial charge is 0.353 e. The highest BCUT2D eigenvalue weighted by atomic mass is 16.2. The van der Waals surface area contributed by atoms with Crippen LogP contribution >= 0.6 is 0 Å². The van der Waals surface area contributed by atoms with Crippen molar-refractivity contribution in [3.63, 3.8) is 0 Å². The lowest BCUT2D eigenvalue weighted by atomic mass is 10.1. The number of anilines is 1. The molecule has 3 aromatic rings. The van der Waals surface area contributed by atoms with Gasteiger partial charge in [0, 0.05) is 43.5 Å². The molecule has 8 nitrogen and oxygen atoms in total. The summed E-state index contributed by atoms with van der Waals surface area (Å²) in [6.07, 6.45) is 2.54. The maximum atomic E-state index is 12.7. The summed E-state index contributed by atoms with van der Waals surface area (Å²) in [7, 11) is 0. The molecule has 8 heteroatoms. The van der Waals surface area contributed by atoms with E-state index in [9.17, 15) is 4.79 Å². The van der Waals surface area contributed by atoms with Crippen molar-refractivity contribution in [1.29, 1.82) is 5.26 Å². The molecular formula is C19H19N7O. The lowest BCUT2D eigenvalue weighted by Gasteiger charge is -2.35. The Hall–Kier alpha value is -3.47. The molecular weight excluding hydrogens is 342 g/mol. The molecule has 2 aromatic heterocycles. The molecule has 0 bridgehead atoms. The number of aromatic nitrogens is 4. The zero-order chi connectivity index (χ0) is 18.8. The fourth-order valence-electron chi connectivity index (χ4n) is 3.34. The first-order valence-electron chi connectivity index (χ1n) is 8.93. The minimum Gasteiger partial charge on any atom is -0.353 e. The van der Waals surface area contributed by atoms with E-state index in [2.05, 4.69) is 39.1 Å². The van der Waals surface area contributed by atoms with Gasteiger partial charge < -0.3 is 9.80 Å². The first-order chi connectivity index (χ1) is 13.2. The first kappa shape index (κ1) is 17.0. The van der Waals surface area contributed by atoms with Crippen LogP contribution in [0.1, 0.15) is 28.5 Å². The van der Waals surface area contributed by atoms with Crippen LogP contribution in [0.2, 0.25) is 0 Å². The third kappa shape index (κ3) is 3.19. The monoisotopic (exact) mass is 361 g/mol. The van der Waals surface area contributed by atoms with Gasteiger partial charge in [0.05, 0.1) is 11.6 Å². The smallest absolute Gasteiger partial charge is 0.256 e. The number of amides is 1. The van der Waals surface area contributed by atoms with E-state index in [0.717, 1.165) is 17.9 Å². The van der Waals surface area contributed by atoms with Crippen molar-refractivity contribution in [1.82, 2.24) is 24.5 Å². The van der Waals surface area contributed by atoms with Gasteiger partial charge in [-0.1, -0.05) is 13.0 Å². The van der Waals surface area contributed by atoms with Gasteiger partial charge in [0.1, 0.15) is 12.1 Å². The summed E-state index contributed by atoms with van der Waals surface area (Å²) in [5.74, 6) is 1.42. The molecule has 0 N–H and O–H groups in total. The van der Waals surface area contributed by atoms with Crippen molar-refractivity contribution < 1.29 is 4.79 Å². The van der Waals surface area contributed by atoms with Crippen molar-refractivity contribution >= 4 is 17.5 Å². The van der Waals surface area contributed by atoms with E-state index < -0.39 is 0 Å². The van der Waals surface area contributed by atoms with Gasteiger partial charge in [-0.2, -0.15) is 10.2 Å². The number of piperazine rings is 1. The van der Waals surface area contributed by atoms with Crippen molar-refractivity contribution in [3.05, 3.63) is 53.5 Å². The third-order valence-electron chi connectivity index (χ3n) is 4.84. The average molecular weight is 361 g/mol. The molecule has 0 saturated carbocycles. The average Bonchev–Trinajstić information content (AvgIpc) is 3.21. The van der Waals surface area contributed by atoms with E-state index in [0.29, 0.717) is 43.1 Å². The van der Waals surface area contributed by atoms with Crippen molar-refractivity contribution in [2.75, 3.05) is 31.1 Å². The summed E-state index contributed by atoms with van der Waals surface area (Å²) in [5.41, 5.74) is 2.16. The highest BCUT2D eigenvalue weighted by molar-refractivity contribution is 5.94. The molecule has 136 valence electrons. The number of fused-ring (bicyclic) bond motifs is 1. The number of carbonyl (C=O) groups is 1. The summed E-state index contributed by atoms with van der Waals surface area (Å²) >= 11 is 0. The highest BCUT2D eigenvalue weighted by Gasteiger charge is 2.23. The predicted molar refractivity (Wildman–Crippen MR) is 99.4 cm³/mol. The lowest BCUT2D eigenvalue weighted by Crippen LogP contribution is -2.49. The number of rotatable bonds is 3. The van der Waals surface area contributed by atoms with Crippen LogP contribution in [-0.4, -0.2) is 56.6 Å². The van der Waals surface area contributed by atoms with Crippen LogP contribution in [0.5, 0.6) is 0 Å². The van der Waals surface area contributed by atoms with Crippen LogP contribution in [0.3, 0.4) is 0 Å². The Kier molecular flexibility index (Phi) is 4.42. The van der Waals surface area contributed by atoms with Gasteiger partial charge in [0.25, 0.3) is 11.7 Å². The second-order valence-corrected chi connectivity index (χ2v) is 6.43. The Balaban J connectivity index is 1.49. The maximum Gasteiger partial charge on any atom is 0.256 e. The van der Waals surface area contributed by atoms with E-state index >= 15 is 0 Å². The van der Waals surface area contributed by atoms with E-state index in [1.807, 2.05) is 9.30 Å². The fourth-order valence-corrected chi connectivity index (χ4v) is 3.34. The number of aryl methyl sites for hydroxylation is 1. The van der Waals surface area contributed by atoms with E-state index in [1.54, 1.807) is 30.6 Å². The summed E-state index contributed by atoms with van der Waals surface area (Å²) in [5, 5.41) is 17.0. The molecule has 1 fully saturated rings. The fraction of sp³-hybridized carbons (Fsp3) is 0.316. The zero-order valence-corrected chi connectivity index (χ0v) is 15.0. The molecule has 0 aliphatic carbocycles. The van der Waals surface area contributed by atoms with Gasteiger partial charge in [-0.3, -0.25) is 9.20 Å². The standard InChI is InChI=1S/C19H19N7O/c1-2-16-11-17(22-19-23-21-13-26(16)19)24-6-8-25(9-7-24)18(27)15-5-3-4-14(10-15)12-20/h3-5,10-11,13H,2,6-9H2,1H3. The van der Waals surface area contributed by atoms with Crippen molar-refractivity contribution in [2.45, 2.75) is 13.3 Å². The van der Waals surface area contributed by atoms with Gasteiger partial charge >= 0.3 is 0 Å². The maximum absolute atomic E-state index is 12.7. The summed E-state index contributed by atoms with van der Waals surface area (Å²) in [6, 6.07) is 11.0. The summed E-state index contributed by atoms with van der Waals surface area (Å²) in [4.78, 5) is 21.3. The molecule has 0 radical (unpaired) electrons. The Morgan fingerprint density at radius 3 is 2.78 bits per heavy atom. The Morgan fingerprint density at radius 1 is 1.22 bits per heavy atom. The molecule has 0 unspecified atom stereocenters. The molecule has 4 rings (SSSR count). The molecule has 1 amide bonds. The van der Waals surface area contributed by atoms with Gasteiger partial charge in [-0.05, 0) is 24.6 Å². The van der Waals surface area contributed by atoms with Gasteiger partial charge in [0.2, 0.25) is 0 Å². The normalized spacial score (nSPS) is 14.4. The Labute approximate surface area is 156 Å². The van der Waals surface area contributed by atoms with Crippen LogP contribution in [0.25, 0.3) is 5.78 Å². The number of nitrogens with zero attached hydrogens (tertiary/aromatic N) is 7. The molecule has 3 heterocycles. The molecule has 0 atom stereocenters. The highest BCUT2D eigenvalue weighted by Crippen LogP contribution is 2.18. The van der Waals surface area contributed by atoms with E-state index in [-0.39, 0.29) is 5.91 Å². The number of carbonyl (C=O) groups excluding carboxylic acids is 1. The minimum atomic E-state index is -0.0399. The van der Waals surface area contributed by atoms with Gasteiger partial charge in [-0.25, -0.2) is 0 Å². The SMILES string of the molecule is CCc1cc(N2CCN(C(=O)c3cccc(C#N)c3)CC2)nc2nncn12. The van der Waals surface area contributed by atoms with Crippen LogP contribution < -0.4 is 4.90 Å². The van der Waals surface area contributed by atoms with Crippen LogP contribution in [0.15, 0.2) is 36.7 Å². The molecule has 0 spiro atoms. The quantitative estimate of drug-likeness (QED) is 0.702. The molecule has 1 aliphatic rings. The topological polar surface area (TPSA) is 90.4 Å². The zero-order valence-electron chi connectivity index (χ0n) is 15.0. The van der Waals surface area contributed by atoms with Crippen molar-refractivity contribution in [3.8, 4) is 6.07 Å². The number of hydrogen-bond donors (Lipinski definition) is 0. The van der Waals surface area contributed by atoms with Crippen LogP contribution in [-0.2, 0) is 6.42 Å². The second kappa shape index (κ2) is 7.03. The molecule has 1 saturated heterocycles. The summed E-state index contributed by atoms with van der Waals surface area (Å²) in [6.45, 7) is 4.70. The number of nitriles is 1. The summed E-state index contributed by atoms with van der Waals surface area (Å²) < 4.78 is 1.89. The van der Waals surface area contributed by atoms with Gasteiger partial charge in [-0.15, -0.1) is 10.2 Å². The van der Waals surface area contributed by atoms with Gasteiger partial charge in [0.15, 0.2) is 0 Å². The third-order valence-corrected chi connectivity index (χ3v) is 4.84. The van der Waals surface area contributed by atoms with E-state index in [4.69, 9.17) is 5.26 Å². The number of hydrogen-bond acceptors (Lipinski definition) is 6. The second-order valence-electron chi connectivity index (χ2n) is 6.43. The number of benzene rings is 1. The Bertz CT molecular complexity index is 1030.